The molecule has 2 aromatic heterocycles. The lowest BCUT2D eigenvalue weighted by atomic mass is 9.97. The normalized spacial score (nSPS) is 15.7. The molecular formula is C24H18BrNO4. The third-order valence-electron chi connectivity index (χ3n) is 5.54. The van der Waals surface area contributed by atoms with Crippen LogP contribution in [0.4, 0.5) is 0 Å². The predicted octanol–water partition coefficient (Wildman–Crippen LogP) is 5.46. The summed E-state index contributed by atoms with van der Waals surface area (Å²) < 4.78 is 12.2. The zero-order valence-electron chi connectivity index (χ0n) is 16.2. The Labute approximate surface area is 181 Å². The predicted molar refractivity (Wildman–Crippen MR) is 116 cm³/mol. The standard InChI is InChI=1S/C24H18BrNO4/c1-2-14-5-7-15(8-6-14)21-20-22(27)18-12-16(25)9-10-19(18)30-23(20)24(28)26(21)13-17-4-3-11-29-17/h3-12,21H,2,13H2,1H3. The molecule has 0 N–H and O–H groups in total. The number of carbonyl (C=O) groups excluding carboxylic acids is 1. The molecule has 30 heavy (non-hydrogen) atoms. The van der Waals surface area contributed by atoms with E-state index in [2.05, 4.69) is 22.9 Å². The number of furan rings is 1. The Hall–Kier alpha value is -3.12. The zero-order valence-corrected chi connectivity index (χ0v) is 17.8. The van der Waals surface area contributed by atoms with Gasteiger partial charge in [0.2, 0.25) is 5.76 Å². The Balaban J connectivity index is 1.73. The van der Waals surface area contributed by atoms with Crippen LogP contribution in [0.1, 0.15) is 46.0 Å². The van der Waals surface area contributed by atoms with Crippen LogP contribution >= 0.6 is 15.9 Å². The van der Waals surface area contributed by atoms with Crippen LogP contribution in [0, 0.1) is 0 Å². The number of hydrogen-bond donors (Lipinski definition) is 0. The molecule has 2 aromatic carbocycles. The van der Waals surface area contributed by atoms with Gasteiger partial charge in [0.15, 0.2) is 5.43 Å². The molecule has 5 nitrogen and oxygen atoms in total. The van der Waals surface area contributed by atoms with Gasteiger partial charge in [0, 0.05) is 4.47 Å². The summed E-state index contributed by atoms with van der Waals surface area (Å²) in [7, 11) is 0. The van der Waals surface area contributed by atoms with Crippen LogP contribution in [0.3, 0.4) is 0 Å². The second-order valence-corrected chi connectivity index (χ2v) is 8.24. The number of fused-ring (bicyclic) bond motifs is 2. The lowest BCUT2D eigenvalue weighted by Crippen LogP contribution is -2.29. The molecule has 0 bridgehead atoms. The molecule has 0 radical (unpaired) electrons. The van der Waals surface area contributed by atoms with Gasteiger partial charge in [-0.2, -0.15) is 0 Å². The summed E-state index contributed by atoms with van der Waals surface area (Å²) in [5, 5.41) is 0.450. The maximum absolute atomic E-state index is 13.5. The molecule has 0 aliphatic carbocycles. The molecule has 0 spiro atoms. The summed E-state index contributed by atoms with van der Waals surface area (Å²) in [5.41, 5.74) is 2.65. The average molecular weight is 464 g/mol. The fourth-order valence-electron chi connectivity index (χ4n) is 4.01. The second-order valence-electron chi connectivity index (χ2n) is 7.32. The van der Waals surface area contributed by atoms with Gasteiger partial charge in [-0.15, -0.1) is 0 Å². The van der Waals surface area contributed by atoms with E-state index < -0.39 is 6.04 Å². The van der Waals surface area contributed by atoms with Gasteiger partial charge in [-0.05, 0) is 47.9 Å². The summed E-state index contributed by atoms with van der Waals surface area (Å²) in [5.74, 6) is 0.435. The highest BCUT2D eigenvalue weighted by Crippen LogP contribution is 2.39. The molecule has 5 rings (SSSR count). The molecule has 1 aliphatic rings. The first-order valence-electron chi connectivity index (χ1n) is 9.75. The van der Waals surface area contributed by atoms with E-state index in [0.29, 0.717) is 22.3 Å². The minimum Gasteiger partial charge on any atom is -0.467 e. The highest BCUT2D eigenvalue weighted by Gasteiger charge is 2.43. The lowest BCUT2D eigenvalue weighted by molar-refractivity contribution is 0.0701. The second kappa shape index (κ2) is 7.29. The average Bonchev–Trinajstić information content (AvgIpc) is 3.37. The summed E-state index contributed by atoms with van der Waals surface area (Å²) in [4.78, 5) is 28.5. The number of rotatable bonds is 4. The van der Waals surface area contributed by atoms with E-state index in [9.17, 15) is 9.59 Å². The summed E-state index contributed by atoms with van der Waals surface area (Å²) in [6.07, 6.45) is 2.49. The molecule has 6 heteroatoms. The van der Waals surface area contributed by atoms with Crippen LogP contribution in [0.15, 0.2) is 79.0 Å². The van der Waals surface area contributed by atoms with Crippen molar-refractivity contribution in [2.24, 2.45) is 0 Å². The van der Waals surface area contributed by atoms with Gasteiger partial charge in [0.1, 0.15) is 11.3 Å². The van der Waals surface area contributed by atoms with Crippen molar-refractivity contribution in [2.75, 3.05) is 0 Å². The van der Waals surface area contributed by atoms with E-state index in [1.807, 2.05) is 30.3 Å². The molecule has 1 amide bonds. The maximum Gasteiger partial charge on any atom is 0.291 e. The molecule has 1 atom stereocenters. The van der Waals surface area contributed by atoms with Gasteiger partial charge < -0.3 is 13.7 Å². The quantitative estimate of drug-likeness (QED) is 0.403. The number of amides is 1. The molecular weight excluding hydrogens is 446 g/mol. The molecule has 1 aliphatic heterocycles. The smallest absolute Gasteiger partial charge is 0.291 e. The van der Waals surface area contributed by atoms with E-state index >= 15 is 0 Å². The number of nitrogens with zero attached hydrogens (tertiary/aromatic N) is 1. The first-order valence-corrected chi connectivity index (χ1v) is 10.5. The fraction of sp³-hybridized carbons (Fsp3) is 0.167. The molecule has 4 aromatic rings. The van der Waals surface area contributed by atoms with Crippen LogP contribution in [0.25, 0.3) is 11.0 Å². The van der Waals surface area contributed by atoms with Gasteiger partial charge in [-0.3, -0.25) is 9.59 Å². The van der Waals surface area contributed by atoms with E-state index in [-0.39, 0.29) is 23.6 Å². The highest BCUT2D eigenvalue weighted by molar-refractivity contribution is 9.10. The minimum atomic E-state index is -0.539. The lowest BCUT2D eigenvalue weighted by Gasteiger charge is -2.24. The van der Waals surface area contributed by atoms with Gasteiger partial charge in [-0.25, -0.2) is 0 Å². The fourth-order valence-corrected chi connectivity index (χ4v) is 4.37. The Morgan fingerprint density at radius 1 is 1.07 bits per heavy atom. The number of carbonyl (C=O) groups is 1. The molecule has 1 unspecified atom stereocenters. The SMILES string of the molecule is CCc1ccc(C2c3c(oc4ccc(Br)cc4c3=O)C(=O)N2Cc2ccco2)cc1. The Morgan fingerprint density at radius 2 is 1.87 bits per heavy atom. The molecule has 0 saturated heterocycles. The number of halogens is 1. The maximum atomic E-state index is 13.5. The van der Waals surface area contributed by atoms with E-state index in [4.69, 9.17) is 8.83 Å². The summed E-state index contributed by atoms with van der Waals surface area (Å²) >= 11 is 3.42. The minimum absolute atomic E-state index is 0.103. The Morgan fingerprint density at radius 3 is 2.57 bits per heavy atom. The van der Waals surface area contributed by atoms with Crippen molar-refractivity contribution in [2.45, 2.75) is 25.9 Å². The van der Waals surface area contributed by atoms with Crippen LogP contribution in [-0.2, 0) is 13.0 Å². The molecule has 0 fully saturated rings. The number of hydrogen-bond acceptors (Lipinski definition) is 4. The third kappa shape index (κ3) is 2.99. The van der Waals surface area contributed by atoms with Crippen molar-refractivity contribution >= 4 is 32.8 Å². The summed E-state index contributed by atoms with van der Waals surface area (Å²) in [6, 6.07) is 16.3. The van der Waals surface area contributed by atoms with E-state index in [1.165, 1.54) is 5.56 Å². The zero-order chi connectivity index (χ0) is 20.8. The van der Waals surface area contributed by atoms with Crippen molar-refractivity contribution in [1.29, 1.82) is 0 Å². The van der Waals surface area contributed by atoms with Crippen LogP contribution in [0.2, 0.25) is 0 Å². The van der Waals surface area contributed by atoms with Crippen molar-refractivity contribution in [3.63, 3.8) is 0 Å². The van der Waals surface area contributed by atoms with E-state index in [0.717, 1.165) is 16.5 Å². The van der Waals surface area contributed by atoms with Gasteiger partial charge in [-0.1, -0.05) is 47.1 Å². The third-order valence-corrected chi connectivity index (χ3v) is 6.03. The van der Waals surface area contributed by atoms with Crippen molar-refractivity contribution in [3.05, 3.63) is 104 Å². The van der Waals surface area contributed by atoms with Crippen molar-refractivity contribution in [3.8, 4) is 0 Å². The monoisotopic (exact) mass is 463 g/mol. The van der Waals surface area contributed by atoms with Crippen LogP contribution in [0.5, 0.6) is 0 Å². The summed E-state index contributed by atoms with van der Waals surface area (Å²) in [6.45, 7) is 2.33. The Bertz CT molecular complexity index is 1310. The largest absolute Gasteiger partial charge is 0.467 e. The molecule has 150 valence electrons. The van der Waals surface area contributed by atoms with Crippen LogP contribution in [-0.4, -0.2) is 10.8 Å². The van der Waals surface area contributed by atoms with Crippen molar-refractivity contribution in [1.82, 2.24) is 4.90 Å². The molecule has 3 heterocycles. The van der Waals surface area contributed by atoms with Crippen LogP contribution < -0.4 is 5.43 Å². The first kappa shape index (κ1) is 18.9. The highest BCUT2D eigenvalue weighted by atomic mass is 79.9. The van der Waals surface area contributed by atoms with Gasteiger partial charge in [0.25, 0.3) is 5.91 Å². The first-order chi connectivity index (χ1) is 14.6. The number of aryl methyl sites for hydroxylation is 1. The van der Waals surface area contributed by atoms with E-state index in [1.54, 1.807) is 35.4 Å². The van der Waals surface area contributed by atoms with Gasteiger partial charge in [0.05, 0.1) is 29.8 Å². The molecule has 0 saturated carbocycles. The Kier molecular flexibility index (Phi) is 4.59. The van der Waals surface area contributed by atoms with Gasteiger partial charge >= 0.3 is 0 Å². The van der Waals surface area contributed by atoms with Crippen molar-refractivity contribution < 1.29 is 13.6 Å². The number of benzene rings is 2. The topological polar surface area (TPSA) is 63.7 Å².